The third-order valence-electron chi connectivity index (χ3n) is 2.65. The Labute approximate surface area is 122 Å². The Morgan fingerprint density at radius 1 is 1.38 bits per heavy atom. The molecule has 0 aliphatic carbocycles. The number of hydrogen-bond acceptors (Lipinski definition) is 3. The van der Waals surface area contributed by atoms with Crippen molar-refractivity contribution in [3.63, 3.8) is 0 Å². The van der Waals surface area contributed by atoms with Crippen LogP contribution in [0.4, 0.5) is 19.0 Å². The van der Waals surface area contributed by atoms with E-state index in [0.29, 0.717) is 5.02 Å². The van der Waals surface area contributed by atoms with Crippen LogP contribution < -0.4 is 5.32 Å². The van der Waals surface area contributed by atoms with Gasteiger partial charge in [0.2, 0.25) is 5.91 Å². The summed E-state index contributed by atoms with van der Waals surface area (Å²) in [6, 6.07) is 2.91. The minimum absolute atomic E-state index is 0.249. The lowest BCUT2D eigenvalue weighted by Crippen LogP contribution is -2.25. The van der Waals surface area contributed by atoms with Gasteiger partial charge in [0, 0.05) is 12.4 Å². The van der Waals surface area contributed by atoms with Gasteiger partial charge in [0.15, 0.2) is 5.69 Å². The molecule has 2 aromatic rings. The average Bonchev–Trinajstić information content (AvgIpc) is 2.90. The van der Waals surface area contributed by atoms with E-state index in [1.165, 1.54) is 25.3 Å². The Bertz CT molecular complexity index is 639. The van der Waals surface area contributed by atoms with Crippen LogP contribution in [0.1, 0.15) is 18.7 Å². The van der Waals surface area contributed by atoms with Crippen molar-refractivity contribution in [1.29, 1.82) is 0 Å². The van der Waals surface area contributed by atoms with Gasteiger partial charge in [-0.2, -0.15) is 18.3 Å². The summed E-state index contributed by atoms with van der Waals surface area (Å²) in [5.74, 6) is -0.291. The smallest absolute Gasteiger partial charge is 0.309 e. The van der Waals surface area contributed by atoms with Crippen molar-refractivity contribution < 1.29 is 18.0 Å². The molecule has 21 heavy (non-hydrogen) atoms. The Morgan fingerprint density at radius 3 is 2.62 bits per heavy atom. The molecule has 2 heterocycles. The molecule has 9 heteroatoms. The molecule has 0 radical (unpaired) electrons. The van der Waals surface area contributed by atoms with Crippen LogP contribution in [-0.2, 0) is 11.0 Å². The van der Waals surface area contributed by atoms with E-state index in [4.69, 9.17) is 11.6 Å². The number of nitrogens with one attached hydrogen (secondary N) is 1. The molecule has 0 spiro atoms. The lowest BCUT2D eigenvalue weighted by atomic mass is 10.3. The number of alkyl halides is 3. The molecule has 1 atom stereocenters. The van der Waals surface area contributed by atoms with Crippen LogP contribution in [0.25, 0.3) is 0 Å². The highest BCUT2D eigenvalue weighted by atomic mass is 35.5. The molecule has 0 fully saturated rings. The van der Waals surface area contributed by atoms with Crippen molar-refractivity contribution in [1.82, 2.24) is 14.8 Å². The van der Waals surface area contributed by atoms with E-state index in [1.807, 2.05) is 0 Å². The van der Waals surface area contributed by atoms with Crippen LogP contribution >= 0.6 is 11.6 Å². The Hall–Kier alpha value is -2.09. The van der Waals surface area contributed by atoms with Crippen molar-refractivity contribution in [2.24, 2.45) is 0 Å². The monoisotopic (exact) mass is 318 g/mol. The summed E-state index contributed by atoms with van der Waals surface area (Å²) >= 11 is 5.66. The number of rotatable bonds is 3. The summed E-state index contributed by atoms with van der Waals surface area (Å²) in [7, 11) is 0. The summed E-state index contributed by atoms with van der Waals surface area (Å²) in [6.45, 7) is 1.43. The van der Waals surface area contributed by atoms with Gasteiger partial charge >= 0.3 is 6.18 Å². The third kappa shape index (κ3) is 3.72. The third-order valence-corrected chi connectivity index (χ3v) is 2.88. The standard InChI is InChI=1S/C12H10ClF3N4O/c1-7(20-5-4-9(19-20)12(14,15)16)11(21)18-10-3-2-8(13)6-17-10/h2-7H,1H3,(H,17,18,21)/t7-/m0/s1. The van der Waals surface area contributed by atoms with Crippen LogP contribution in [0.3, 0.4) is 0 Å². The maximum Gasteiger partial charge on any atom is 0.435 e. The van der Waals surface area contributed by atoms with Crippen LogP contribution in [-0.4, -0.2) is 20.7 Å². The lowest BCUT2D eigenvalue weighted by molar-refractivity contribution is -0.141. The molecule has 2 rings (SSSR count). The van der Waals surface area contributed by atoms with Gasteiger partial charge in [0.1, 0.15) is 11.9 Å². The molecule has 0 saturated carbocycles. The van der Waals surface area contributed by atoms with Crippen molar-refractivity contribution in [2.75, 3.05) is 5.32 Å². The van der Waals surface area contributed by atoms with Gasteiger partial charge in [0.25, 0.3) is 0 Å². The second-order valence-electron chi connectivity index (χ2n) is 4.21. The zero-order valence-corrected chi connectivity index (χ0v) is 11.5. The number of carbonyl (C=O) groups excluding carboxylic acids is 1. The largest absolute Gasteiger partial charge is 0.435 e. The minimum Gasteiger partial charge on any atom is -0.309 e. The van der Waals surface area contributed by atoms with Gasteiger partial charge in [-0.1, -0.05) is 11.6 Å². The molecule has 0 unspecified atom stereocenters. The lowest BCUT2D eigenvalue weighted by Gasteiger charge is -2.12. The summed E-state index contributed by atoms with van der Waals surface area (Å²) in [5.41, 5.74) is -1.05. The topological polar surface area (TPSA) is 59.8 Å². The van der Waals surface area contributed by atoms with Crippen molar-refractivity contribution >= 4 is 23.3 Å². The van der Waals surface area contributed by atoms with Gasteiger partial charge < -0.3 is 5.32 Å². The Balaban J connectivity index is 2.08. The minimum atomic E-state index is -4.54. The predicted molar refractivity (Wildman–Crippen MR) is 69.8 cm³/mol. The van der Waals surface area contributed by atoms with Gasteiger partial charge in [-0.05, 0) is 25.1 Å². The number of halogens is 4. The molecular weight excluding hydrogens is 309 g/mol. The maximum atomic E-state index is 12.5. The van der Waals surface area contributed by atoms with Crippen LogP contribution in [0.2, 0.25) is 5.02 Å². The molecule has 0 bridgehead atoms. The molecule has 112 valence electrons. The molecular formula is C12H10ClF3N4O. The van der Waals surface area contributed by atoms with Gasteiger partial charge in [0.05, 0.1) is 5.02 Å². The van der Waals surface area contributed by atoms with Crippen LogP contribution in [0.15, 0.2) is 30.6 Å². The molecule has 0 aliphatic heterocycles. The van der Waals surface area contributed by atoms with E-state index >= 15 is 0 Å². The molecule has 0 saturated heterocycles. The number of hydrogen-bond donors (Lipinski definition) is 1. The molecule has 1 amide bonds. The van der Waals surface area contributed by atoms with Gasteiger partial charge in [-0.15, -0.1) is 0 Å². The number of amides is 1. The normalized spacial score (nSPS) is 13.0. The highest BCUT2D eigenvalue weighted by molar-refractivity contribution is 6.30. The first kappa shape index (κ1) is 15.3. The van der Waals surface area contributed by atoms with Crippen molar-refractivity contribution in [2.45, 2.75) is 19.1 Å². The highest BCUT2D eigenvalue weighted by Gasteiger charge is 2.34. The Kier molecular flexibility index (Phi) is 4.17. The molecule has 5 nitrogen and oxygen atoms in total. The van der Waals surface area contributed by atoms with Crippen molar-refractivity contribution in [3.8, 4) is 0 Å². The van der Waals surface area contributed by atoms with E-state index < -0.39 is 23.8 Å². The number of pyridine rings is 1. The number of nitrogens with zero attached hydrogens (tertiary/aromatic N) is 3. The van der Waals surface area contributed by atoms with Gasteiger partial charge in [-0.3, -0.25) is 9.48 Å². The van der Waals surface area contributed by atoms with Gasteiger partial charge in [-0.25, -0.2) is 4.98 Å². The number of anilines is 1. The average molecular weight is 319 g/mol. The van der Waals surface area contributed by atoms with Crippen LogP contribution in [0, 0.1) is 0 Å². The summed E-state index contributed by atoms with van der Waals surface area (Å²) in [5, 5.41) is 6.22. The molecule has 0 aromatic carbocycles. The predicted octanol–water partition coefficient (Wildman–Crippen LogP) is 3.15. The van der Waals surface area contributed by atoms with E-state index in [2.05, 4.69) is 15.4 Å². The second kappa shape index (κ2) is 5.72. The fraction of sp³-hybridized carbons (Fsp3) is 0.250. The zero-order valence-electron chi connectivity index (χ0n) is 10.7. The first-order valence-corrected chi connectivity index (χ1v) is 6.20. The van der Waals surface area contributed by atoms with E-state index in [-0.39, 0.29) is 5.82 Å². The Morgan fingerprint density at radius 2 is 2.10 bits per heavy atom. The molecule has 2 aromatic heterocycles. The number of carbonyl (C=O) groups is 1. The zero-order chi connectivity index (χ0) is 15.6. The highest BCUT2D eigenvalue weighted by Crippen LogP contribution is 2.27. The fourth-order valence-corrected chi connectivity index (χ4v) is 1.62. The van der Waals surface area contributed by atoms with Crippen molar-refractivity contribution in [3.05, 3.63) is 41.3 Å². The van der Waals surface area contributed by atoms with E-state index in [1.54, 1.807) is 0 Å². The molecule has 1 N–H and O–H groups in total. The fourth-order valence-electron chi connectivity index (χ4n) is 1.51. The first-order valence-electron chi connectivity index (χ1n) is 5.82. The second-order valence-corrected chi connectivity index (χ2v) is 4.64. The summed E-state index contributed by atoms with van der Waals surface area (Å²) in [4.78, 5) is 15.8. The summed E-state index contributed by atoms with van der Waals surface area (Å²) < 4.78 is 38.3. The SMILES string of the molecule is C[C@@H](C(=O)Nc1ccc(Cl)cn1)n1ccc(C(F)(F)F)n1. The van der Waals surface area contributed by atoms with E-state index in [0.717, 1.165) is 16.9 Å². The maximum absolute atomic E-state index is 12.5. The summed E-state index contributed by atoms with van der Waals surface area (Å²) in [6.07, 6.45) is -2.10. The first-order chi connectivity index (χ1) is 9.77. The molecule has 0 aliphatic rings. The quantitative estimate of drug-likeness (QED) is 0.945. The number of aromatic nitrogens is 3. The van der Waals surface area contributed by atoms with E-state index in [9.17, 15) is 18.0 Å². The van der Waals surface area contributed by atoms with Crippen LogP contribution in [0.5, 0.6) is 0 Å².